The zero-order valence-corrected chi connectivity index (χ0v) is 18.6. The highest BCUT2D eigenvalue weighted by Gasteiger charge is 2.26. The minimum atomic E-state index is -3.82. The normalized spacial score (nSPS) is 11.4. The average Bonchev–Trinajstić information content (AvgIpc) is 2.77. The van der Waals surface area contributed by atoms with E-state index in [0.29, 0.717) is 13.0 Å². The first kappa shape index (κ1) is 22.1. The van der Waals surface area contributed by atoms with Gasteiger partial charge < -0.3 is 5.32 Å². The fourth-order valence-corrected chi connectivity index (χ4v) is 4.52. The van der Waals surface area contributed by atoms with Crippen molar-refractivity contribution in [1.82, 2.24) is 14.6 Å². The van der Waals surface area contributed by atoms with E-state index in [1.807, 2.05) is 30.3 Å². The molecule has 1 aromatic heterocycles. The maximum absolute atomic E-state index is 13.2. The van der Waals surface area contributed by atoms with E-state index in [4.69, 9.17) is 0 Å². The number of carbonyl (C=O) groups excluding carboxylic acids is 1. The van der Waals surface area contributed by atoms with Crippen molar-refractivity contribution in [2.75, 3.05) is 13.1 Å². The molecule has 0 radical (unpaired) electrons. The molecule has 0 saturated carbocycles. The first-order chi connectivity index (χ1) is 14.4. The molecule has 0 aliphatic rings. The highest BCUT2D eigenvalue weighted by Crippen LogP contribution is 2.19. The van der Waals surface area contributed by atoms with Gasteiger partial charge in [0.25, 0.3) is 0 Å². The molecule has 0 aliphatic carbocycles. The van der Waals surface area contributed by atoms with Gasteiger partial charge in [-0.1, -0.05) is 46.3 Å². The number of aromatic nitrogens is 1. The van der Waals surface area contributed by atoms with Crippen molar-refractivity contribution in [3.8, 4) is 0 Å². The Balaban J connectivity index is 1.74. The minimum Gasteiger partial charge on any atom is -0.351 e. The van der Waals surface area contributed by atoms with Gasteiger partial charge in [0, 0.05) is 30.0 Å². The van der Waals surface area contributed by atoms with Crippen molar-refractivity contribution in [2.24, 2.45) is 0 Å². The summed E-state index contributed by atoms with van der Waals surface area (Å²) in [7, 11) is -3.82. The number of hydrogen-bond donors (Lipinski definition) is 1. The summed E-state index contributed by atoms with van der Waals surface area (Å²) in [4.78, 5) is 16.6. The van der Waals surface area contributed by atoms with Crippen LogP contribution in [0.1, 0.15) is 11.1 Å². The van der Waals surface area contributed by atoms with Gasteiger partial charge in [-0.05, 0) is 53.9 Å². The van der Waals surface area contributed by atoms with E-state index in [0.717, 1.165) is 15.6 Å². The molecule has 0 aliphatic heterocycles. The third kappa shape index (κ3) is 6.22. The maximum Gasteiger partial charge on any atom is 0.243 e. The summed E-state index contributed by atoms with van der Waals surface area (Å²) in [5, 5.41) is 2.78. The molecule has 1 amide bonds. The Bertz CT molecular complexity index is 1060. The zero-order valence-electron chi connectivity index (χ0n) is 16.2. The van der Waals surface area contributed by atoms with Gasteiger partial charge in [0.1, 0.15) is 0 Å². The summed E-state index contributed by atoms with van der Waals surface area (Å²) in [5.74, 6) is -0.361. The molecule has 1 N–H and O–H groups in total. The number of benzene rings is 2. The largest absolute Gasteiger partial charge is 0.351 e. The van der Waals surface area contributed by atoms with Crippen LogP contribution >= 0.6 is 15.9 Å². The monoisotopic (exact) mass is 487 g/mol. The number of nitrogens with one attached hydrogen (secondary N) is 1. The molecule has 2 aromatic carbocycles. The highest BCUT2D eigenvalue weighted by atomic mass is 79.9. The van der Waals surface area contributed by atoms with Crippen molar-refractivity contribution >= 4 is 31.9 Å². The average molecular weight is 488 g/mol. The topological polar surface area (TPSA) is 79.4 Å². The van der Waals surface area contributed by atoms with Gasteiger partial charge in [-0.3, -0.25) is 9.78 Å². The number of nitrogens with zero attached hydrogens (tertiary/aromatic N) is 2. The van der Waals surface area contributed by atoms with Crippen LogP contribution in [-0.2, 0) is 27.8 Å². The molecule has 0 unspecified atom stereocenters. The van der Waals surface area contributed by atoms with Gasteiger partial charge >= 0.3 is 0 Å². The van der Waals surface area contributed by atoms with Crippen LogP contribution in [0.15, 0.2) is 88.5 Å². The van der Waals surface area contributed by atoms with Gasteiger partial charge in [0.2, 0.25) is 15.9 Å². The molecule has 3 rings (SSSR count). The van der Waals surface area contributed by atoms with Crippen molar-refractivity contribution in [1.29, 1.82) is 0 Å². The minimum absolute atomic E-state index is 0.153. The third-order valence-electron chi connectivity index (χ3n) is 4.50. The number of carbonyl (C=O) groups is 1. The number of pyridine rings is 1. The lowest BCUT2D eigenvalue weighted by molar-refractivity contribution is -0.121. The summed E-state index contributed by atoms with van der Waals surface area (Å²) in [6.45, 7) is 0.258. The first-order valence-electron chi connectivity index (χ1n) is 9.40. The van der Waals surface area contributed by atoms with Crippen LogP contribution in [0.2, 0.25) is 0 Å². The fraction of sp³-hybridized carbons (Fsp3) is 0.182. The Labute approximate surface area is 185 Å². The van der Waals surface area contributed by atoms with Gasteiger partial charge in [-0.2, -0.15) is 4.31 Å². The summed E-state index contributed by atoms with van der Waals surface area (Å²) in [6.07, 6.45) is 3.80. The van der Waals surface area contributed by atoms with Crippen molar-refractivity contribution in [3.63, 3.8) is 0 Å². The smallest absolute Gasteiger partial charge is 0.243 e. The van der Waals surface area contributed by atoms with Crippen LogP contribution in [0.25, 0.3) is 0 Å². The van der Waals surface area contributed by atoms with E-state index in [2.05, 4.69) is 26.2 Å². The Morgan fingerprint density at radius 2 is 1.60 bits per heavy atom. The fourth-order valence-electron chi connectivity index (χ4n) is 2.86. The van der Waals surface area contributed by atoms with E-state index in [-0.39, 0.29) is 23.9 Å². The standard InChI is InChI=1S/C22H22BrN3O3S/c23-20-6-8-21(9-7-20)30(28,29)26(15-12-18-4-2-1-3-5-18)17-22(27)25-16-19-10-13-24-14-11-19/h1-11,13-14H,12,15-17H2,(H,25,27). The number of hydrogen-bond acceptors (Lipinski definition) is 4. The quantitative estimate of drug-likeness (QED) is 0.501. The molecular weight excluding hydrogens is 466 g/mol. The van der Waals surface area contributed by atoms with Crippen LogP contribution in [0, 0.1) is 0 Å². The first-order valence-corrected chi connectivity index (χ1v) is 11.6. The van der Waals surface area contributed by atoms with Crippen LogP contribution in [-0.4, -0.2) is 36.7 Å². The van der Waals surface area contributed by atoms with E-state index in [1.165, 1.54) is 16.4 Å². The van der Waals surface area contributed by atoms with Gasteiger partial charge in [0.05, 0.1) is 11.4 Å². The number of amides is 1. The lowest BCUT2D eigenvalue weighted by atomic mass is 10.1. The highest BCUT2D eigenvalue weighted by molar-refractivity contribution is 9.10. The Morgan fingerprint density at radius 1 is 0.933 bits per heavy atom. The maximum atomic E-state index is 13.2. The molecule has 156 valence electrons. The molecule has 0 fully saturated rings. The van der Waals surface area contributed by atoms with Crippen molar-refractivity contribution < 1.29 is 13.2 Å². The predicted octanol–water partition coefficient (Wildman–Crippen LogP) is 3.39. The van der Waals surface area contributed by atoms with Crippen molar-refractivity contribution in [3.05, 3.63) is 94.7 Å². The van der Waals surface area contributed by atoms with Crippen LogP contribution in [0.5, 0.6) is 0 Å². The summed E-state index contributed by atoms with van der Waals surface area (Å²) >= 11 is 3.32. The van der Waals surface area contributed by atoms with Gasteiger partial charge in [-0.25, -0.2) is 8.42 Å². The van der Waals surface area contributed by atoms with E-state index in [9.17, 15) is 13.2 Å². The molecular formula is C22H22BrN3O3S. The second-order valence-electron chi connectivity index (χ2n) is 6.66. The van der Waals surface area contributed by atoms with Crippen LogP contribution in [0.4, 0.5) is 0 Å². The molecule has 0 spiro atoms. The molecule has 6 nitrogen and oxygen atoms in total. The Hall–Kier alpha value is -2.55. The molecule has 1 heterocycles. The molecule has 0 saturated heterocycles. The third-order valence-corrected chi connectivity index (χ3v) is 6.89. The van der Waals surface area contributed by atoms with Crippen LogP contribution in [0.3, 0.4) is 0 Å². The molecule has 0 bridgehead atoms. The second-order valence-corrected chi connectivity index (χ2v) is 9.51. The molecule has 0 atom stereocenters. The van der Waals surface area contributed by atoms with Crippen molar-refractivity contribution in [2.45, 2.75) is 17.9 Å². The molecule has 30 heavy (non-hydrogen) atoms. The van der Waals surface area contributed by atoms with E-state index in [1.54, 1.807) is 36.7 Å². The number of halogens is 1. The Morgan fingerprint density at radius 3 is 2.27 bits per heavy atom. The summed E-state index contributed by atoms with van der Waals surface area (Å²) in [6, 6.07) is 19.6. The van der Waals surface area contributed by atoms with Gasteiger partial charge in [-0.15, -0.1) is 0 Å². The zero-order chi connectivity index (χ0) is 21.4. The van der Waals surface area contributed by atoms with Gasteiger partial charge in [0.15, 0.2) is 0 Å². The predicted molar refractivity (Wildman–Crippen MR) is 119 cm³/mol. The second kappa shape index (κ2) is 10.5. The molecule has 3 aromatic rings. The lowest BCUT2D eigenvalue weighted by Crippen LogP contribution is -2.41. The summed E-state index contributed by atoms with van der Waals surface area (Å²) in [5.41, 5.74) is 1.90. The lowest BCUT2D eigenvalue weighted by Gasteiger charge is -2.22. The van der Waals surface area contributed by atoms with E-state index >= 15 is 0 Å². The number of rotatable bonds is 9. The number of sulfonamides is 1. The van der Waals surface area contributed by atoms with E-state index < -0.39 is 10.0 Å². The van der Waals surface area contributed by atoms with Crippen LogP contribution < -0.4 is 5.32 Å². The Kier molecular flexibility index (Phi) is 7.73. The molecule has 8 heteroatoms. The summed E-state index contributed by atoms with van der Waals surface area (Å²) < 4.78 is 28.4. The SMILES string of the molecule is O=C(CN(CCc1ccccc1)S(=O)(=O)c1ccc(Br)cc1)NCc1ccncc1.